The summed E-state index contributed by atoms with van der Waals surface area (Å²) in [6.45, 7) is 2.00. The van der Waals surface area contributed by atoms with Gasteiger partial charge in [0.25, 0.3) is 5.91 Å². The molecule has 2 amide bonds. The highest BCUT2D eigenvalue weighted by atomic mass is 16.2. The first-order valence-corrected chi connectivity index (χ1v) is 11.9. The molecule has 0 radical (unpaired) electrons. The summed E-state index contributed by atoms with van der Waals surface area (Å²) < 4.78 is 0. The smallest absolute Gasteiger partial charge is 0.255 e. The van der Waals surface area contributed by atoms with Crippen LogP contribution in [0.2, 0.25) is 0 Å². The number of amides is 2. The lowest BCUT2D eigenvalue weighted by atomic mass is 10.1. The van der Waals surface area contributed by atoms with E-state index in [1.54, 1.807) is 30.3 Å². The van der Waals surface area contributed by atoms with E-state index in [1.807, 2.05) is 67.6 Å². The second-order valence-corrected chi connectivity index (χ2v) is 9.12. The van der Waals surface area contributed by atoms with Gasteiger partial charge in [-0.1, -0.05) is 18.2 Å². The van der Waals surface area contributed by atoms with E-state index in [1.165, 1.54) is 0 Å². The Balaban J connectivity index is 1.20. The predicted octanol–water partition coefficient (Wildman–Crippen LogP) is 5.45. The average Bonchev–Trinajstić information content (AvgIpc) is 3.24. The van der Waals surface area contributed by atoms with Crippen LogP contribution < -0.4 is 15.5 Å². The number of aryl methyl sites for hydroxylation is 1. The van der Waals surface area contributed by atoms with Crippen LogP contribution in [0.25, 0.3) is 22.2 Å². The van der Waals surface area contributed by atoms with Crippen LogP contribution in [0.15, 0.2) is 79.0 Å². The van der Waals surface area contributed by atoms with E-state index in [9.17, 15) is 9.59 Å². The molecule has 1 aliphatic rings. The summed E-state index contributed by atoms with van der Waals surface area (Å²) in [6, 6.07) is 22.7. The molecule has 0 saturated heterocycles. The number of fused-ring (bicyclic) bond motifs is 4. The number of nitrogens with one attached hydrogen (secondary N) is 3. The summed E-state index contributed by atoms with van der Waals surface area (Å²) in [5.41, 5.74) is 7.35. The number of hydrogen-bond acceptors (Lipinski definition) is 5. The molecule has 6 rings (SSSR count). The molecule has 0 aliphatic carbocycles. The van der Waals surface area contributed by atoms with Gasteiger partial charge in [0.1, 0.15) is 0 Å². The number of H-pyrrole nitrogens is 1. The van der Waals surface area contributed by atoms with Crippen molar-refractivity contribution in [2.75, 3.05) is 22.6 Å². The molecule has 0 saturated carbocycles. The SMILES string of the molecule is Cc1cc2cc(NC(=O)c3ccc(Nc4ncc5c(n4)-c4ccccc4N(C)C(=O)C5)cc3)ccc2[nH]1. The van der Waals surface area contributed by atoms with Crippen molar-refractivity contribution >= 4 is 45.7 Å². The van der Waals surface area contributed by atoms with Crippen molar-refractivity contribution in [2.45, 2.75) is 13.3 Å². The van der Waals surface area contributed by atoms with E-state index in [0.717, 1.165) is 50.5 Å². The van der Waals surface area contributed by atoms with Gasteiger partial charge in [0.2, 0.25) is 11.9 Å². The number of para-hydroxylation sites is 1. The number of carbonyl (C=O) groups excluding carboxylic acids is 2. The second kappa shape index (κ2) is 8.91. The summed E-state index contributed by atoms with van der Waals surface area (Å²) in [6.07, 6.45) is 1.93. The fraction of sp³-hybridized carbons (Fsp3) is 0.103. The standard InChI is InChI=1S/C29H24N6O2/c1-17-13-19-14-22(11-12-24(19)31-17)32-28(37)18-7-9-21(10-8-18)33-29-30-16-20-15-26(36)35(2)25-6-4-3-5-23(25)27(20)34-29/h3-14,16,31H,15H2,1-2H3,(H,32,37)(H,30,33,34). The molecule has 3 heterocycles. The molecule has 0 spiro atoms. The average molecular weight is 489 g/mol. The number of aromatic amines is 1. The number of aromatic nitrogens is 3. The third kappa shape index (κ3) is 4.29. The van der Waals surface area contributed by atoms with Gasteiger partial charge >= 0.3 is 0 Å². The highest BCUT2D eigenvalue weighted by Crippen LogP contribution is 2.35. The Morgan fingerprint density at radius 1 is 1.00 bits per heavy atom. The van der Waals surface area contributed by atoms with Crippen LogP contribution in [-0.4, -0.2) is 33.8 Å². The second-order valence-electron chi connectivity index (χ2n) is 9.12. The zero-order valence-corrected chi connectivity index (χ0v) is 20.4. The maximum absolute atomic E-state index is 12.8. The topological polar surface area (TPSA) is 103 Å². The molecule has 0 unspecified atom stereocenters. The number of carbonyl (C=O) groups is 2. The Kier molecular flexibility index (Phi) is 5.41. The summed E-state index contributed by atoms with van der Waals surface area (Å²) >= 11 is 0. The monoisotopic (exact) mass is 488 g/mol. The molecule has 3 aromatic carbocycles. The molecule has 2 aromatic heterocycles. The van der Waals surface area contributed by atoms with E-state index in [2.05, 4.69) is 20.6 Å². The van der Waals surface area contributed by atoms with Crippen molar-refractivity contribution < 1.29 is 9.59 Å². The van der Waals surface area contributed by atoms with Crippen molar-refractivity contribution in [3.63, 3.8) is 0 Å². The molecule has 3 N–H and O–H groups in total. The Bertz CT molecular complexity index is 1670. The summed E-state index contributed by atoms with van der Waals surface area (Å²) in [4.78, 5) is 39.5. The maximum atomic E-state index is 12.8. The fourth-order valence-corrected chi connectivity index (χ4v) is 4.60. The molecule has 0 atom stereocenters. The predicted molar refractivity (Wildman–Crippen MR) is 145 cm³/mol. The van der Waals surface area contributed by atoms with Crippen LogP contribution in [0.4, 0.5) is 23.0 Å². The zero-order chi connectivity index (χ0) is 25.5. The molecule has 5 aromatic rings. The lowest BCUT2D eigenvalue weighted by molar-refractivity contribution is -0.117. The Labute approximate surface area is 213 Å². The molecule has 0 fully saturated rings. The highest BCUT2D eigenvalue weighted by Gasteiger charge is 2.24. The fourth-order valence-electron chi connectivity index (χ4n) is 4.60. The molecule has 182 valence electrons. The number of hydrogen-bond donors (Lipinski definition) is 3. The van der Waals surface area contributed by atoms with E-state index in [4.69, 9.17) is 4.98 Å². The zero-order valence-electron chi connectivity index (χ0n) is 20.4. The number of likely N-dealkylation sites (N-methyl/N-ethyl adjacent to an activating group) is 1. The molecule has 37 heavy (non-hydrogen) atoms. The van der Waals surface area contributed by atoms with Gasteiger partial charge in [-0.3, -0.25) is 9.59 Å². The molecule has 1 aliphatic heterocycles. The van der Waals surface area contributed by atoms with Gasteiger partial charge in [-0.25, -0.2) is 9.97 Å². The molecule has 8 heteroatoms. The van der Waals surface area contributed by atoms with Gasteiger partial charge in [0.15, 0.2) is 0 Å². The molecular weight excluding hydrogens is 464 g/mol. The van der Waals surface area contributed by atoms with Gasteiger partial charge in [-0.15, -0.1) is 0 Å². The van der Waals surface area contributed by atoms with Crippen molar-refractivity contribution in [2.24, 2.45) is 0 Å². The van der Waals surface area contributed by atoms with Crippen molar-refractivity contribution in [1.29, 1.82) is 0 Å². The first-order chi connectivity index (χ1) is 17.9. The largest absolute Gasteiger partial charge is 0.359 e. The van der Waals surface area contributed by atoms with Gasteiger partial charge in [0, 0.05) is 57.9 Å². The lowest BCUT2D eigenvalue weighted by Gasteiger charge is -2.16. The van der Waals surface area contributed by atoms with Crippen LogP contribution in [0.3, 0.4) is 0 Å². The molecule has 8 nitrogen and oxygen atoms in total. The highest BCUT2D eigenvalue weighted by molar-refractivity contribution is 6.05. The Hall–Kier alpha value is -4.98. The van der Waals surface area contributed by atoms with Crippen molar-refractivity contribution in [1.82, 2.24) is 15.0 Å². The normalized spacial score (nSPS) is 12.6. The van der Waals surface area contributed by atoms with E-state index in [-0.39, 0.29) is 18.2 Å². The maximum Gasteiger partial charge on any atom is 0.255 e. The summed E-state index contributed by atoms with van der Waals surface area (Å²) in [7, 11) is 1.77. The van der Waals surface area contributed by atoms with Gasteiger partial charge in [0.05, 0.1) is 17.8 Å². The minimum atomic E-state index is -0.190. The first-order valence-electron chi connectivity index (χ1n) is 11.9. The number of benzene rings is 3. The number of rotatable bonds is 4. The summed E-state index contributed by atoms with van der Waals surface area (Å²) in [5, 5.41) is 7.22. The van der Waals surface area contributed by atoms with Crippen LogP contribution >= 0.6 is 0 Å². The lowest BCUT2D eigenvalue weighted by Crippen LogP contribution is -2.26. The van der Waals surface area contributed by atoms with Gasteiger partial charge < -0.3 is 20.5 Å². The van der Waals surface area contributed by atoms with Gasteiger partial charge in [-0.2, -0.15) is 0 Å². The Morgan fingerprint density at radius 2 is 1.78 bits per heavy atom. The third-order valence-electron chi connectivity index (χ3n) is 6.52. The quantitative estimate of drug-likeness (QED) is 0.312. The van der Waals surface area contributed by atoms with Crippen LogP contribution in [0.1, 0.15) is 21.6 Å². The number of nitrogens with zero attached hydrogens (tertiary/aromatic N) is 3. The Morgan fingerprint density at radius 3 is 2.62 bits per heavy atom. The minimum absolute atomic E-state index is 0.00694. The van der Waals surface area contributed by atoms with E-state index in [0.29, 0.717) is 11.5 Å². The van der Waals surface area contributed by atoms with Crippen LogP contribution in [-0.2, 0) is 11.2 Å². The first kappa shape index (κ1) is 22.5. The molecular formula is C29H24N6O2. The molecule has 0 bridgehead atoms. The summed E-state index contributed by atoms with van der Waals surface area (Å²) in [5.74, 6) is 0.218. The van der Waals surface area contributed by atoms with Crippen molar-refractivity contribution in [3.05, 3.63) is 95.8 Å². The third-order valence-corrected chi connectivity index (χ3v) is 6.52. The van der Waals surface area contributed by atoms with Crippen LogP contribution in [0, 0.1) is 6.92 Å². The van der Waals surface area contributed by atoms with Gasteiger partial charge in [-0.05, 0) is 61.5 Å². The minimum Gasteiger partial charge on any atom is -0.359 e. The number of anilines is 4. The van der Waals surface area contributed by atoms with Crippen LogP contribution in [0.5, 0.6) is 0 Å². The van der Waals surface area contributed by atoms with Crippen molar-refractivity contribution in [3.8, 4) is 11.3 Å². The van der Waals surface area contributed by atoms with E-state index < -0.39 is 0 Å². The van der Waals surface area contributed by atoms with E-state index >= 15 is 0 Å².